The van der Waals surface area contributed by atoms with Crippen LogP contribution >= 0.6 is 0 Å². The minimum absolute atomic E-state index is 0.585. The Kier molecular flexibility index (Phi) is 7.78. The van der Waals surface area contributed by atoms with E-state index in [2.05, 4.69) is 182 Å². The van der Waals surface area contributed by atoms with Crippen LogP contribution in [0, 0.1) is 0 Å². The lowest BCUT2D eigenvalue weighted by Crippen LogP contribution is -2.00. The van der Waals surface area contributed by atoms with Crippen molar-refractivity contribution in [1.82, 2.24) is 15.0 Å². The van der Waals surface area contributed by atoms with Gasteiger partial charge in [0.15, 0.2) is 17.5 Å². The number of rotatable bonds is 6. The van der Waals surface area contributed by atoms with E-state index in [1.807, 2.05) is 18.2 Å². The molecule has 0 fully saturated rings. The van der Waals surface area contributed by atoms with E-state index >= 15 is 0 Å². The lowest BCUT2D eigenvalue weighted by atomic mass is 9.97. The highest BCUT2D eigenvalue weighted by molar-refractivity contribution is 6.18. The molecule has 0 radical (unpaired) electrons. The SMILES string of the molecule is c1ccc(-c2ccc(-c3nc(-c4ccc5cc(-c6ccccc6)ccc5c4)nc(-c4ccc(-c5ccccc5)c5oc6cc7ccccc7cc6c45)n3)cc2)cc1. The molecular weight excluding hydrogens is 695 g/mol. The van der Waals surface area contributed by atoms with Crippen molar-refractivity contribution in [1.29, 1.82) is 0 Å². The second-order valence-electron chi connectivity index (χ2n) is 14.4. The van der Waals surface area contributed by atoms with Gasteiger partial charge in [-0.1, -0.05) is 164 Å². The van der Waals surface area contributed by atoms with E-state index in [9.17, 15) is 0 Å². The molecule has 0 N–H and O–H groups in total. The molecule has 4 heteroatoms. The molecule has 0 aliphatic rings. The normalized spacial score (nSPS) is 11.5. The lowest BCUT2D eigenvalue weighted by molar-refractivity contribution is 0.670. The first-order valence-electron chi connectivity index (χ1n) is 19.2. The molecule has 0 spiro atoms. The van der Waals surface area contributed by atoms with Crippen molar-refractivity contribution < 1.29 is 4.42 Å². The Hall–Kier alpha value is -7.69. The van der Waals surface area contributed by atoms with Crippen molar-refractivity contribution in [2.45, 2.75) is 0 Å². The van der Waals surface area contributed by atoms with E-state index in [-0.39, 0.29) is 0 Å². The fourth-order valence-electron chi connectivity index (χ4n) is 7.99. The summed E-state index contributed by atoms with van der Waals surface area (Å²) in [6.45, 7) is 0. The summed E-state index contributed by atoms with van der Waals surface area (Å²) in [6.07, 6.45) is 0. The van der Waals surface area contributed by atoms with Gasteiger partial charge in [-0.05, 0) is 85.8 Å². The molecule has 0 saturated carbocycles. The molecule has 9 aromatic carbocycles. The number of benzene rings is 9. The Bertz CT molecular complexity index is 3260. The van der Waals surface area contributed by atoms with Gasteiger partial charge in [0, 0.05) is 33.0 Å². The van der Waals surface area contributed by atoms with Crippen LogP contribution in [0.4, 0.5) is 0 Å². The Morgan fingerprint density at radius 2 is 0.754 bits per heavy atom. The van der Waals surface area contributed by atoms with Gasteiger partial charge < -0.3 is 4.42 Å². The summed E-state index contributed by atoms with van der Waals surface area (Å²) < 4.78 is 6.81. The maximum absolute atomic E-state index is 6.81. The molecule has 2 heterocycles. The number of aromatic nitrogens is 3. The van der Waals surface area contributed by atoms with Gasteiger partial charge in [-0.25, -0.2) is 15.0 Å². The molecule has 0 bridgehead atoms. The van der Waals surface area contributed by atoms with Crippen molar-refractivity contribution in [3.05, 3.63) is 200 Å². The third-order valence-corrected chi connectivity index (χ3v) is 10.9. The zero-order chi connectivity index (χ0) is 37.7. The Morgan fingerprint density at radius 1 is 0.298 bits per heavy atom. The Balaban J connectivity index is 1.13. The highest BCUT2D eigenvalue weighted by Gasteiger charge is 2.21. The number of fused-ring (bicyclic) bond motifs is 5. The van der Waals surface area contributed by atoms with Crippen LogP contribution in [-0.2, 0) is 0 Å². The average molecular weight is 728 g/mol. The van der Waals surface area contributed by atoms with Crippen molar-refractivity contribution in [2.24, 2.45) is 0 Å². The molecule has 266 valence electrons. The Labute approximate surface area is 329 Å². The molecule has 0 unspecified atom stereocenters. The van der Waals surface area contributed by atoms with Crippen LogP contribution in [0.15, 0.2) is 205 Å². The highest BCUT2D eigenvalue weighted by atomic mass is 16.3. The van der Waals surface area contributed by atoms with E-state index in [4.69, 9.17) is 19.4 Å². The minimum Gasteiger partial charge on any atom is -0.455 e. The van der Waals surface area contributed by atoms with Crippen LogP contribution in [0.1, 0.15) is 0 Å². The van der Waals surface area contributed by atoms with Crippen LogP contribution in [0.2, 0.25) is 0 Å². The summed E-state index contributed by atoms with van der Waals surface area (Å²) in [7, 11) is 0. The number of nitrogens with zero attached hydrogens (tertiary/aromatic N) is 3. The van der Waals surface area contributed by atoms with Gasteiger partial charge >= 0.3 is 0 Å². The molecule has 0 aliphatic carbocycles. The Morgan fingerprint density at radius 3 is 1.44 bits per heavy atom. The zero-order valence-corrected chi connectivity index (χ0v) is 30.8. The molecular formula is C53H33N3O. The predicted octanol–water partition coefficient (Wildman–Crippen LogP) is 14.1. The van der Waals surface area contributed by atoms with Gasteiger partial charge in [0.2, 0.25) is 0 Å². The smallest absolute Gasteiger partial charge is 0.164 e. The van der Waals surface area contributed by atoms with Crippen LogP contribution in [0.25, 0.3) is 111 Å². The molecule has 0 aliphatic heterocycles. The summed E-state index contributed by atoms with van der Waals surface area (Å²) in [5, 5.41) is 6.54. The zero-order valence-electron chi connectivity index (χ0n) is 30.8. The van der Waals surface area contributed by atoms with Gasteiger partial charge in [-0.15, -0.1) is 0 Å². The summed E-state index contributed by atoms with van der Waals surface area (Å²) in [4.78, 5) is 15.7. The fraction of sp³-hybridized carbons (Fsp3) is 0. The summed E-state index contributed by atoms with van der Waals surface area (Å²) >= 11 is 0. The van der Waals surface area contributed by atoms with E-state index in [1.54, 1.807) is 0 Å². The molecule has 0 amide bonds. The third kappa shape index (κ3) is 5.92. The van der Waals surface area contributed by atoms with Gasteiger partial charge in [0.1, 0.15) is 11.2 Å². The van der Waals surface area contributed by atoms with Crippen molar-refractivity contribution in [3.63, 3.8) is 0 Å². The minimum atomic E-state index is 0.585. The van der Waals surface area contributed by atoms with E-state index in [1.165, 1.54) is 11.1 Å². The number of furan rings is 1. The second kappa shape index (κ2) is 13.6. The summed E-state index contributed by atoms with van der Waals surface area (Å²) in [6, 6.07) is 69.9. The summed E-state index contributed by atoms with van der Waals surface area (Å²) in [5.74, 6) is 1.80. The quantitative estimate of drug-likeness (QED) is 0.171. The van der Waals surface area contributed by atoms with E-state index < -0.39 is 0 Å². The molecule has 11 rings (SSSR count). The predicted molar refractivity (Wildman–Crippen MR) is 235 cm³/mol. The van der Waals surface area contributed by atoms with Crippen molar-refractivity contribution in [3.8, 4) is 67.5 Å². The molecule has 2 aromatic heterocycles. The van der Waals surface area contributed by atoms with Crippen LogP contribution < -0.4 is 0 Å². The number of hydrogen-bond donors (Lipinski definition) is 0. The second-order valence-corrected chi connectivity index (χ2v) is 14.4. The van der Waals surface area contributed by atoms with Crippen molar-refractivity contribution in [2.75, 3.05) is 0 Å². The van der Waals surface area contributed by atoms with Crippen LogP contribution in [-0.4, -0.2) is 15.0 Å². The van der Waals surface area contributed by atoms with Crippen LogP contribution in [0.5, 0.6) is 0 Å². The lowest BCUT2D eigenvalue weighted by Gasteiger charge is -2.12. The van der Waals surface area contributed by atoms with Gasteiger partial charge in [0.05, 0.1) is 0 Å². The van der Waals surface area contributed by atoms with Gasteiger partial charge in [-0.2, -0.15) is 0 Å². The van der Waals surface area contributed by atoms with Crippen LogP contribution in [0.3, 0.4) is 0 Å². The fourth-order valence-corrected chi connectivity index (χ4v) is 7.99. The number of hydrogen-bond acceptors (Lipinski definition) is 4. The monoisotopic (exact) mass is 727 g/mol. The topological polar surface area (TPSA) is 51.8 Å². The molecule has 57 heavy (non-hydrogen) atoms. The average Bonchev–Trinajstić information content (AvgIpc) is 3.66. The first-order valence-corrected chi connectivity index (χ1v) is 19.2. The van der Waals surface area contributed by atoms with Crippen molar-refractivity contribution >= 4 is 43.5 Å². The molecule has 11 aromatic rings. The van der Waals surface area contributed by atoms with E-state index in [0.717, 1.165) is 82.4 Å². The maximum Gasteiger partial charge on any atom is 0.164 e. The molecule has 0 saturated heterocycles. The standard InChI is InChI=1S/C53H33N3O/c1-4-12-34(13-5-1)36-20-22-38(23-21-36)51-54-52(44-27-26-42-30-41(24-25-43(42)31-44)35-14-6-2-7-15-35)56-53(55-51)46-29-28-45(37-16-8-3-9-17-37)50-49(46)47-32-39-18-10-11-19-40(39)33-48(47)57-50/h1-33H. The first-order chi connectivity index (χ1) is 28.2. The molecule has 4 nitrogen and oxygen atoms in total. The summed E-state index contributed by atoms with van der Waals surface area (Å²) in [5.41, 5.74) is 11.1. The largest absolute Gasteiger partial charge is 0.455 e. The highest BCUT2D eigenvalue weighted by Crippen LogP contribution is 2.43. The molecule has 0 atom stereocenters. The third-order valence-electron chi connectivity index (χ3n) is 10.9. The van der Waals surface area contributed by atoms with E-state index in [0.29, 0.717) is 17.5 Å². The maximum atomic E-state index is 6.81. The first kappa shape index (κ1) is 32.7. The van der Waals surface area contributed by atoms with Gasteiger partial charge in [-0.3, -0.25) is 0 Å². The van der Waals surface area contributed by atoms with Gasteiger partial charge in [0.25, 0.3) is 0 Å².